The van der Waals surface area contributed by atoms with Gasteiger partial charge in [-0.25, -0.2) is 4.98 Å². The Morgan fingerprint density at radius 1 is 1.07 bits per heavy atom. The number of carbonyl (C=O) groups excluding carboxylic acids is 1. The van der Waals surface area contributed by atoms with Gasteiger partial charge in [0.15, 0.2) is 11.7 Å². The Morgan fingerprint density at radius 2 is 1.79 bits per heavy atom. The molecule has 1 aliphatic heterocycles. The molecule has 1 amide bonds. The summed E-state index contributed by atoms with van der Waals surface area (Å²) in [5.74, 6) is 2.23. The molecule has 0 atom stereocenters. The van der Waals surface area contributed by atoms with Crippen LogP contribution in [0.3, 0.4) is 0 Å². The van der Waals surface area contributed by atoms with E-state index in [1.54, 1.807) is 18.3 Å². The number of aryl methyl sites for hydroxylation is 1. The molecule has 5 heteroatoms. The van der Waals surface area contributed by atoms with Gasteiger partial charge in [-0.1, -0.05) is 42.5 Å². The molecular formula is C23H24N2O3. The maximum absolute atomic E-state index is 12.6. The highest BCUT2D eigenvalue weighted by Gasteiger charge is 2.24. The van der Waals surface area contributed by atoms with Gasteiger partial charge in [0.2, 0.25) is 5.91 Å². The van der Waals surface area contributed by atoms with E-state index in [0.717, 1.165) is 37.3 Å². The highest BCUT2D eigenvalue weighted by Crippen LogP contribution is 2.29. The summed E-state index contributed by atoms with van der Waals surface area (Å²) in [6, 6.07) is 17.3. The van der Waals surface area contributed by atoms with Crippen LogP contribution in [0.2, 0.25) is 0 Å². The van der Waals surface area contributed by atoms with E-state index < -0.39 is 0 Å². The number of nitrogens with zero attached hydrogens (tertiary/aromatic N) is 2. The number of likely N-dealkylation sites (tertiary alicyclic amines) is 1. The number of aromatic nitrogens is 1. The van der Waals surface area contributed by atoms with Gasteiger partial charge >= 0.3 is 0 Å². The summed E-state index contributed by atoms with van der Waals surface area (Å²) in [5.41, 5.74) is 2.22. The Bertz CT molecular complexity index is 911. The predicted octanol–water partition coefficient (Wildman–Crippen LogP) is 4.39. The molecule has 0 radical (unpaired) electrons. The van der Waals surface area contributed by atoms with Gasteiger partial charge in [-0.05, 0) is 36.5 Å². The fraction of sp³-hybridized carbons (Fsp3) is 0.304. The summed E-state index contributed by atoms with van der Waals surface area (Å²) in [5, 5.41) is 9.42. The van der Waals surface area contributed by atoms with Crippen molar-refractivity contribution in [3.8, 4) is 17.1 Å². The van der Waals surface area contributed by atoms with Gasteiger partial charge in [-0.2, -0.15) is 0 Å². The number of carbonyl (C=O) groups is 1. The topological polar surface area (TPSA) is 66.6 Å². The molecule has 2 aromatic carbocycles. The molecule has 2 heterocycles. The van der Waals surface area contributed by atoms with Crippen LogP contribution in [0.5, 0.6) is 5.75 Å². The quantitative estimate of drug-likeness (QED) is 0.717. The van der Waals surface area contributed by atoms with Gasteiger partial charge in [0.05, 0.1) is 6.20 Å². The fourth-order valence-electron chi connectivity index (χ4n) is 3.74. The van der Waals surface area contributed by atoms with Crippen molar-refractivity contribution < 1.29 is 14.3 Å². The summed E-state index contributed by atoms with van der Waals surface area (Å²) in [7, 11) is 0. The second-order valence-corrected chi connectivity index (χ2v) is 7.23. The third-order valence-corrected chi connectivity index (χ3v) is 5.38. The smallest absolute Gasteiger partial charge is 0.223 e. The largest absolute Gasteiger partial charge is 0.508 e. The maximum atomic E-state index is 12.6. The first kappa shape index (κ1) is 18.3. The lowest BCUT2D eigenvalue weighted by Gasteiger charge is -2.32. The van der Waals surface area contributed by atoms with Crippen LogP contribution in [0.1, 0.15) is 36.6 Å². The molecule has 1 aromatic heterocycles. The van der Waals surface area contributed by atoms with E-state index in [0.29, 0.717) is 30.4 Å². The Labute approximate surface area is 164 Å². The molecule has 1 N–H and O–H groups in total. The van der Waals surface area contributed by atoms with Crippen LogP contribution in [0, 0.1) is 0 Å². The summed E-state index contributed by atoms with van der Waals surface area (Å²) in [6.07, 6.45) is 4.56. The first-order chi connectivity index (χ1) is 13.7. The van der Waals surface area contributed by atoms with Gasteiger partial charge in [0.25, 0.3) is 0 Å². The SMILES string of the molecule is O=C(CCc1ncc(-c2ccccc2)o1)N1CCC(c2ccc(O)cc2)CC1. The number of phenolic OH excluding ortho intramolecular Hbond substituents is 1. The minimum absolute atomic E-state index is 0.156. The molecular weight excluding hydrogens is 352 g/mol. The van der Waals surface area contributed by atoms with Crippen molar-refractivity contribution in [1.82, 2.24) is 9.88 Å². The average Bonchev–Trinajstić information content (AvgIpc) is 3.22. The van der Waals surface area contributed by atoms with Crippen LogP contribution >= 0.6 is 0 Å². The number of hydrogen-bond donors (Lipinski definition) is 1. The maximum Gasteiger partial charge on any atom is 0.223 e. The number of hydrogen-bond acceptors (Lipinski definition) is 4. The Balaban J connectivity index is 1.27. The molecule has 0 spiro atoms. The summed E-state index contributed by atoms with van der Waals surface area (Å²) < 4.78 is 5.79. The van der Waals surface area contributed by atoms with Crippen molar-refractivity contribution in [3.05, 3.63) is 72.2 Å². The highest BCUT2D eigenvalue weighted by molar-refractivity contribution is 5.76. The van der Waals surface area contributed by atoms with E-state index >= 15 is 0 Å². The van der Waals surface area contributed by atoms with E-state index in [1.165, 1.54) is 5.56 Å². The molecule has 1 fully saturated rings. The predicted molar refractivity (Wildman–Crippen MR) is 107 cm³/mol. The molecule has 3 aromatic rings. The molecule has 0 bridgehead atoms. The van der Waals surface area contributed by atoms with Crippen LogP contribution in [-0.4, -0.2) is 34.0 Å². The summed E-state index contributed by atoms with van der Waals surface area (Å²) in [4.78, 5) is 18.8. The minimum Gasteiger partial charge on any atom is -0.508 e. The lowest BCUT2D eigenvalue weighted by Crippen LogP contribution is -2.38. The third-order valence-electron chi connectivity index (χ3n) is 5.38. The Morgan fingerprint density at radius 3 is 2.50 bits per heavy atom. The van der Waals surface area contributed by atoms with E-state index in [9.17, 15) is 9.90 Å². The Hall–Kier alpha value is -3.08. The van der Waals surface area contributed by atoms with Crippen LogP contribution in [-0.2, 0) is 11.2 Å². The number of piperidine rings is 1. The average molecular weight is 376 g/mol. The zero-order valence-corrected chi connectivity index (χ0v) is 15.8. The second-order valence-electron chi connectivity index (χ2n) is 7.23. The van der Waals surface area contributed by atoms with Gasteiger partial charge in [0, 0.05) is 31.5 Å². The molecule has 5 nitrogen and oxygen atoms in total. The Kier molecular flexibility index (Phi) is 5.42. The van der Waals surface area contributed by atoms with Crippen molar-refractivity contribution in [3.63, 3.8) is 0 Å². The lowest BCUT2D eigenvalue weighted by atomic mass is 9.89. The zero-order valence-electron chi connectivity index (χ0n) is 15.8. The number of rotatable bonds is 5. The highest BCUT2D eigenvalue weighted by atomic mass is 16.4. The monoisotopic (exact) mass is 376 g/mol. The molecule has 144 valence electrons. The normalized spacial score (nSPS) is 14.9. The molecule has 0 saturated carbocycles. The molecule has 1 aliphatic rings. The van der Waals surface area contributed by atoms with Crippen LogP contribution in [0.25, 0.3) is 11.3 Å². The number of aromatic hydroxyl groups is 1. The number of oxazole rings is 1. The standard InChI is InChI=1S/C23H24N2O3/c26-20-8-6-17(7-9-20)18-12-14-25(15-13-18)23(27)11-10-22-24-16-21(28-22)19-4-2-1-3-5-19/h1-9,16,18,26H,10-15H2. The number of amides is 1. The van der Waals surface area contributed by atoms with Crippen LogP contribution in [0.4, 0.5) is 0 Å². The first-order valence-electron chi connectivity index (χ1n) is 9.76. The van der Waals surface area contributed by atoms with Crippen molar-refractivity contribution in [2.45, 2.75) is 31.6 Å². The molecule has 1 saturated heterocycles. The van der Waals surface area contributed by atoms with Gasteiger partial charge < -0.3 is 14.4 Å². The molecule has 0 aliphatic carbocycles. The van der Waals surface area contributed by atoms with E-state index in [-0.39, 0.29) is 5.91 Å². The van der Waals surface area contributed by atoms with Gasteiger partial charge in [-0.15, -0.1) is 0 Å². The van der Waals surface area contributed by atoms with Crippen molar-refractivity contribution in [1.29, 1.82) is 0 Å². The summed E-state index contributed by atoms with van der Waals surface area (Å²) >= 11 is 0. The van der Waals surface area contributed by atoms with Crippen molar-refractivity contribution in [2.24, 2.45) is 0 Å². The third kappa shape index (κ3) is 4.25. The van der Waals surface area contributed by atoms with Crippen molar-refractivity contribution >= 4 is 5.91 Å². The molecule has 4 rings (SSSR count). The number of phenols is 1. The lowest BCUT2D eigenvalue weighted by molar-refractivity contribution is -0.132. The number of benzene rings is 2. The minimum atomic E-state index is 0.156. The van der Waals surface area contributed by atoms with E-state index in [4.69, 9.17) is 4.42 Å². The van der Waals surface area contributed by atoms with Gasteiger partial charge in [0.1, 0.15) is 5.75 Å². The zero-order chi connectivity index (χ0) is 19.3. The van der Waals surface area contributed by atoms with Crippen LogP contribution < -0.4 is 0 Å². The molecule has 0 unspecified atom stereocenters. The van der Waals surface area contributed by atoms with Crippen molar-refractivity contribution in [2.75, 3.05) is 13.1 Å². The first-order valence-corrected chi connectivity index (χ1v) is 9.76. The van der Waals surface area contributed by atoms with E-state index in [2.05, 4.69) is 4.98 Å². The molecule has 28 heavy (non-hydrogen) atoms. The second kappa shape index (κ2) is 8.30. The fourth-order valence-corrected chi connectivity index (χ4v) is 3.74. The van der Waals surface area contributed by atoms with Gasteiger partial charge in [-0.3, -0.25) is 4.79 Å². The van der Waals surface area contributed by atoms with Crippen LogP contribution in [0.15, 0.2) is 65.2 Å². The van der Waals surface area contributed by atoms with E-state index in [1.807, 2.05) is 47.4 Å². The summed E-state index contributed by atoms with van der Waals surface area (Å²) in [6.45, 7) is 1.54.